The number of benzene rings is 9. The first-order chi connectivity index (χ1) is 63.1. The number of aliphatic hydroxyl groups excluding tert-OH is 4. The second-order valence-corrected chi connectivity index (χ2v) is 30.1. The van der Waals surface area contributed by atoms with Crippen LogP contribution in [0.4, 0.5) is 0 Å². The third-order valence-corrected chi connectivity index (χ3v) is 22.3. The van der Waals surface area contributed by atoms with Crippen molar-refractivity contribution in [1.82, 2.24) is 19.6 Å². The number of esters is 4. The number of rotatable bonds is 48. The summed E-state index contributed by atoms with van der Waals surface area (Å²) >= 11 is 0. The zero-order valence-electron chi connectivity index (χ0n) is 75.4. The van der Waals surface area contributed by atoms with Crippen LogP contribution in [0.5, 0.6) is 51.7 Å². The minimum Gasteiger partial charge on any atom is -0.490 e. The topological polar surface area (TPSA) is 310 Å². The number of hydrogen-bond acceptors (Lipinski definition) is 28. The van der Waals surface area contributed by atoms with E-state index in [1.807, 2.05) is 201 Å². The number of para-hydroxylation sites is 8. The zero-order chi connectivity index (χ0) is 91.7. The number of carbonyl (C=O) groups excluding carboxylic acids is 4. The Bertz CT molecular complexity index is 4760. The normalized spacial score (nSPS) is 14.5. The summed E-state index contributed by atoms with van der Waals surface area (Å²) in [5, 5.41) is 36.7. The molecule has 9 aromatic rings. The summed E-state index contributed by atoms with van der Waals surface area (Å²) in [7, 11) is 3.29. The van der Waals surface area contributed by atoms with Gasteiger partial charge in [-0.25, -0.2) is 14.4 Å². The molecule has 0 saturated carbocycles. The maximum Gasteiger partial charge on any atom is 0.348 e. The number of methoxy groups -OCH3 is 2. The largest absolute Gasteiger partial charge is 0.490 e. The van der Waals surface area contributed by atoms with Crippen molar-refractivity contribution in [2.45, 2.75) is 70.2 Å². The third-order valence-electron chi connectivity index (χ3n) is 22.3. The van der Waals surface area contributed by atoms with E-state index in [1.54, 1.807) is 56.7 Å². The van der Waals surface area contributed by atoms with Crippen molar-refractivity contribution in [3.8, 4) is 51.7 Å². The molecule has 28 nitrogen and oxygen atoms in total. The Kier molecular flexibility index (Phi) is 40.6. The highest BCUT2D eigenvalue weighted by Gasteiger charge is 2.55. The van der Waals surface area contributed by atoms with E-state index in [0.29, 0.717) is 217 Å². The van der Waals surface area contributed by atoms with Crippen molar-refractivity contribution < 1.29 is 115 Å². The molecule has 13 rings (SSSR count). The average molecular weight is 1780 g/mol. The molecule has 1 atom stereocenters. The molecule has 4 N–H and O–H groups in total. The lowest BCUT2D eigenvalue weighted by Gasteiger charge is -2.38. The minimum absolute atomic E-state index is 0.0328. The van der Waals surface area contributed by atoms with Gasteiger partial charge in [0.05, 0.1) is 72.7 Å². The number of carbonyl (C=O) groups is 4. The molecule has 0 aliphatic carbocycles. The van der Waals surface area contributed by atoms with Crippen LogP contribution in [0, 0.1) is 0 Å². The highest BCUT2D eigenvalue weighted by molar-refractivity contribution is 5.93. The van der Waals surface area contributed by atoms with E-state index in [4.69, 9.17) is 86.0 Å². The van der Waals surface area contributed by atoms with Crippen molar-refractivity contribution in [3.05, 3.63) is 268 Å². The minimum atomic E-state index is -1.51. The van der Waals surface area contributed by atoms with Gasteiger partial charge in [-0.2, -0.15) is 0 Å². The van der Waals surface area contributed by atoms with Crippen LogP contribution >= 0.6 is 0 Å². The van der Waals surface area contributed by atoms with Crippen molar-refractivity contribution in [2.75, 3.05) is 212 Å². The van der Waals surface area contributed by atoms with E-state index in [9.17, 15) is 29.4 Å². The van der Waals surface area contributed by atoms with Gasteiger partial charge in [-0.1, -0.05) is 184 Å². The van der Waals surface area contributed by atoms with Gasteiger partial charge >= 0.3 is 23.9 Å². The van der Waals surface area contributed by atoms with Gasteiger partial charge in [-0.15, -0.1) is 0 Å². The molecule has 129 heavy (non-hydrogen) atoms. The lowest BCUT2D eigenvalue weighted by molar-refractivity contribution is -0.170. The highest BCUT2D eigenvalue weighted by Crippen LogP contribution is 2.55. The molecule has 4 heterocycles. The van der Waals surface area contributed by atoms with Crippen LogP contribution in [0.2, 0.25) is 0 Å². The highest BCUT2D eigenvalue weighted by atomic mass is 16.6. The number of nitrogens with zero attached hydrogens (tertiary/aromatic N) is 4. The second kappa shape index (κ2) is 52.2. The van der Waals surface area contributed by atoms with Crippen LogP contribution in [0.25, 0.3) is 0 Å². The molecular formula is C101H126N4O24. The predicted octanol–water partition coefficient (Wildman–Crippen LogP) is 12.7. The first-order valence-electron chi connectivity index (χ1n) is 44.4. The third kappa shape index (κ3) is 24.9. The summed E-state index contributed by atoms with van der Waals surface area (Å²) in [6.07, 6.45) is 0.509. The molecule has 1 unspecified atom stereocenters. The van der Waals surface area contributed by atoms with Crippen molar-refractivity contribution in [1.29, 1.82) is 0 Å². The van der Waals surface area contributed by atoms with E-state index in [1.165, 1.54) is 0 Å². The molecule has 0 saturated heterocycles. The maximum atomic E-state index is 13.9. The van der Waals surface area contributed by atoms with Crippen LogP contribution in [-0.2, 0) is 99.9 Å². The van der Waals surface area contributed by atoms with Crippen LogP contribution < -0.4 is 23.7 Å². The van der Waals surface area contributed by atoms with Crippen LogP contribution in [0.1, 0.15) is 91.6 Å². The van der Waals surface area contributed by atoms with E-state index >= 15 is 0 Å². The Labute approximate surface area is 757 Å². The maximum absolute atomic E-state index is 13.9. The standard InChI is InChI=1S/C28H39NO8.C27H29NO3.C24H31NO7.C22H27NO6/c1-4-36-28(23-9-5-7-11-25(23)37-26-12-8-6-10-24(26)28)27(30)35-18-15-29(13-16-33-21-19-31-2)14-17-34-22-20-32-3;1-3-28(4-2)18-19-30-26(29)27(20-21-12-6-5-7-13-21)22-14-8-10-16-24(22)31-25-17-11-9-15-23(25)27;1-3-29-21-11-7-9-19-22(21)32-20-10-6-5-8-18(20)24(19,31-4-2)23(28)30-17-14-25(12-15-26)13-16-27;1-2-28-22(21(26)27-16-13-23(11-14-24)12-15-25)17-7-3-5-9-19(17)29-20-10-6-4-8-18(20)22/h5-12H,4,13-22H2,1-3H3;5-17H,3-4,18-20H2,1-2H3;5-11,26-27H,3-4,12-17H2,1-2H3;3-10,24-25H,2,11-16H2,1H3. The Hall–Kier alpha value is -10.7. The lowest BCUT2D eigenvalue weighted by atomic mass is 9.68. The number of likely N-dealkylation sites (N-methyl/N-ethyl adjacent to an activating group) is 1. The Balaban J connectivity index is 0.000000180. The lowest BCUT2D eigenvalue weighted by Crippen LogP contribution is -2.44. The van der Waals surface area contributed by atoms with Gasteiger partial charge in [0.2, 0.25) is 16.8 Å². The molecule has 0 fully saturated rings. The van der Waals surface area contributed by atoms with Gasteiger partial charge < -0.3 is 101 Å². The average Bonchev–Trinajstić information content (AvgIpc) is 0.744. The molecule has 4 aliphatic heterocycles. The Morgan fingerprint density at radius 3 is 0.930 bits per heavy atom. The molecule has 694 valence electrons. The summed E-state index contributed by atoms with van der Waals surface area (Å²) in [6.45, 7) is 23.6. The van der Waals surface area contributed by atoms with Gasteiger partial charge in [0, 0.05) is 144 Å². The molecular weight excluding hydrogens is 1650 g/mol. The summed E-state index contributed by atoms with van der Waals surface area (Å²) in [5.41, 5.74) is 1.06. The fraction of sp³-hybridized carbons (Fsp3) is 0.426. The van der Waals surface area contributed by atoms with Crippen LogP contribution in [-0.4, -0.2) is 276 Å². The van der Waals surface area contributed by atoms with E-state index in [-0.39, 0.29) is 58.8 Å². The quantitative estimate of drug-likeness (QED) is 0.0156. The molecule has 9 aromatic carbocycles. The van der Waals surface area contributed by atoms with Crippen molar-refractivity contribution in [3.63, 3.8) is 0 Å². The Morgan fingerprint density at radius 1 is 0.295 bits per heavy atom. The number of fused-ring (bicyclic) bond motifs is 8. The SMILES string of the molecule is CCN(CC)CCOC(=O)C1(Cc2ccccc2)c2ccccc2Oc2ccccc21.CCOC1(C(=O)OCCN(CCO)CCO)c2ccccc2Oc2ccccc21.CCOC1(C(=O)OCCN(CCOCCOC)CCOCCOC)c2ccccc2Oc2ccccc21.CCOc1cccc2c1Oc1ccccc1C2(OCC)C(=O)OCCN(CCO)CCO. The first kappa shape index (κ1) is 100. The number of ether oxygens (including phenoxy) is 16. The molecule has 0 amide bonds. The van der Waals surface area contributed by atoms with E-state index in [0.717, 1.165) is 36.3 Å². The van der Waals surface area contributed by atoms with Crippen molar-refractivity contribution >= 4 is 23.9 Å². The molecule has 0 radical (unpaired) electrons. The molecule has 0 aromatic heterocycles. The summed E-state index contributed by atoms with van der Waals surface area (Å²) < 4.78 is 93.1. The Morgan fingerprint density at radius 2 is 0.589 bits per heavy atom. The van der Waals surface area contributed by atoms with Gasteiger partial charge in [-0.05, 0) is 101 Å². The molecule has 28 heteroatoms. The second-order valence-electron chi connectivity index (χ2n) is 30.1. The van der Waals surface area contributed by atoms with E-state index in [2.05, 4.69) is 35.8 Å². The predicted molar refractivity (Wildman–Crippen MR) is 486 cm³/mol. The summed E-state index contributed by atoms with van der Waals surface area (Å²) in [4.78, 5) is 62.8. The van der Waals surface area contributed by atoms with E-state index < -0.39 is 40.1 Å². The van der Waals surface area contributed by atoms with Gasteiger partial charge in [0.1, 0.15) is 72.1 Å². The van der Waals surface area contributed by atoms with Crippen LogP contribution in [0.3, 0.4) is 0 Å². The number of hydrogen-bond donors (Lipinski definition) is 4. The first-order valence-corrected chi connectivity index (χ1v) is 44.4. The van der Waals surface area contributed by atoms with Gasteiger partial charge in [0.15, 0.2) is 11.5 Å². The summed E-state index contributed by atoms with van der Waals surface area (Å²) in [5.74, 6) is 3.36. The number of aliphatic hydroxyl groups is 4. The molecule has 0 spiro atoms. The molecule has 0 bridgehead atoms. The fourth-order valence-corrected chi connectivity index (χ4v) is 16.1. The van der Waals surface area contributed by atoms with Crippen molar-refractivity contribution in [2.24, 2.45) is 0 Å². The van der Waals surface area contributed by atoms with Gasteiger partial charge in [0.25, 0.3) is 0 Å². The molecule has 4 aliphatic rings. The van der Waals surface area contributed by atoms with Crippen LogP contribution in [0.15, 0.2) is 218 Å². The monoisotopic (exact) mass is 1780 g/mol. The zero-order valence-corrected chi connectivity index (χ0v) is 75.4. The van der Waals surface area contributed by atoms with Gasteiger partial charge in [-0.3, -0.25) is 19.5 Å². The summed E-state index contributed by atoms with van der Waals surface area (Å²) in [6, 6.07) is 67.8. The smallest absolute Gasteiger partial charge is 0.348 e. The fourth-order valence-electron chi connectivity index (χ4n) is 16.1.